The van der Waals surface area contributed by atoms with Crippen molar-refractivity contribution in [1.82, 2.24) is 5.32 Å². The summed E-state index contributed by atoms with van der Waals surface area (Å²) in [5.74, 6) is 0.898. The number of carbonyl (C=O) groups is 1. The number of carbonyl (C=O) groups excluding carboxylic acids is 1. The van der Waals surface area contributed by atoms with E-state index in [0.29, 0.717) is 41.2 Å². The maximum atomic E-state index is 13.3. The average molecular weight is 486 g/mol. The third-order valence-corrected chi connectivity index (χ3v) is 5.76. The number of nitrogens with one attached hydrogen (secondary N) is 1. The van der Waals surface area contributed by atoms with Crippen LogP contribution in [0.15, 0.2) is 50.1 Å². The van der Waals surface area contributed by atoms with E-state index in [2.05, 4.69) is 28.2 Å². The van der Waals surface area contributed by atoms with Gasteiger partial charge in [-0.3, -0.25) is 9.59 Å². The molecular formula is C24H24BrNO5. The molecule has 1 atom stereocenters. The Labute approximate surface area is 188 Å². The summed E-state index contributed by atoms with van der Waals surface area (Å²) in [6, 6.07) is 10.0. The number of amides is 1. The van der Waals surface area contributed by atoms with Crippen molar-refractivity contribution < 1.29 is 18.7 Å². The van der Waals surface area contributed by atoms with Crippen molar-refractivity contribution in [3.63, 3.8) is 0 Å². The van der Waals surface area contributed by atoms with Crippen LogP contribution in [0.2, 0.25) is 0 Å². The van der Waals surface area contributed by atoms with Crippen LogP contribution >= 0.6 is 15.9 Å². The van der Waals surface area contributed by atoms with Gasteiger partial charge in [-0.05, 0) is 49.2 Å². The molecule has 3 aromatic rings. The first-order valence-corrected chi connectivity index (χ1v) is 11.3. The maximum Gasteiger partial charge on any atom is 0.288 e. The van der Waals surface area contributed by atoms with Crippen LogP contribution in [0.25, 0.3) is 11.0 Å². The van der Waals surface area contributed by atoms with Crippen LogP contribution in [-0.4, -0.2) is 19.1 Å². The molecule has 0 bridgehead atoms. The van der Waals surface area contributed by atoms with Gasteiger partial charge >= 0.3 is 0 Å². The van der Waals surface area contributed by atoms with Gasteiger partial charge in [-0.1, -0.05) is 41.8 Å². The third kappa shape index (κ3) is 4.19. The number of hydrogen-bond acceptors (Lipinski definition) is 5. The van der Waals surface area contributed by atoms with Crippen molar-refractivity contribution >= 4 is 32.8 Å². The molecule has 1 aliphatic rings. The minimum absolute atomic E-state index is 0.0580. The lowest BCUT2D eigenvalue weighted by atomic mass is 9.99. The Morgan fingerprint density at radius 2 is 1.87 bits per heavy atom. The van der Waals surface area contributed by atoms with Crippen LogP contribution in [0.5, 0.6) is 11.5 Å². The van der Waals surface area contributed by atoms with Crippen LogP contribution in [0.3, 0.4) is 0 Å². The molecule has 1 aromatic heterocycles. The second-order valence-corrected chi connectivity index (χ2v) is 8.33. The molecule has 2 heterocycles. The molecule has 0 aliphatic carbocycles. The monoisotopic (exact) mass is 485 g/mol. The van der Waals surface area contributed by atoms with Gasteiger partial charge in [0.1, 0.15) is 5.58 Å². The van der Waals surface area contributed by atoms with Crippen LogP contribution in [0, 0.1) is 0 Å². The summed E-state index contributed by atoms with van der Waals surface area (Å²) in [7, 11) is 0. The largest absolute Gasteiger partial charge is 0.490 e. The first kappa shape index (κ1) is 21.4. The molecule has 4 rings (SSSR count). The fourth-order valence-corrected chi connectivity index (χ4v) is 4.12. The molecular weight excluding hydrogens is 462 g/mol. The highest BCUT2D eigenvalue weighted by Crippen LogP contribution is 2.36. The second kappa shape index (κ2) is 9.14. The molecule has 1 N–H and O–H groups in total. The van der Waals surface area contributed by atoms with E-state index >= 15 is 0 Å². The van der Waals surface area contributed by atoms with E-state index in [0.717, 1.165) is 29.3 Å². The van der Waals surface area contributed by atoms with E-state index in [-0.39, 0.29) is 11.2 Å². The van der Waals surface area contributed by atoms with Gasteiger partial charge in [-0.2, -0.15) is 0 Å². The lowest BCUT2D eigenvalue weighted by Crippen LogP contribution is -2.22. The number of hydrogen-bond donors (Lipinski definition) is 1. The van der Waals surface area contributed by atoms with Crippen molar-refractivity contribution in [3.05, 3.63) is 68.0 Å². The molecule has 6 nitrogen and oxygen atoms in total. The second-order valence-electron chi connectivity index (χ2n) is 7.42. The number of halogens is 1. The number of unbranched alkanes of at least 4 members (excludes halogenated alkanes) is 2. The van der Waals surface area contributed by atoms with E-state index in [4.69, 9.17) is 13.9 Å². The summed E-state index contributed by atoms with van der Waals surface area (Å²) in [4.78, 5) is 25.8. The predicted molar refractivity (Wildman–Crippen MR) is 122 cm³/mol. The predicted octanol–water partition coefficient (Wildman–Crippen LogP) is 5.36. The Morgan fingerprint density at radius 3 is 2.65 bits per heavy atom. The number of ether oxygens (including phenoxy) is 2. The smallest absolute Gasteiger partial charge is 0.288 e. The molecule has 0 radical (unpaired) electrons. The molecule has 2 aromatic carbocycles. The van der Waals surface area contributed by atoms with Gasteiger partial charge in [-0.15, -0.1) is 0 Å². The highest BCUT2D eigenvalue weighted by molar-refractivity contribution is 9.10. The van der Waals surface area contributed by atoms with E-state index < -0.39 is 11.9 Å². The number of fused-ring (bicyclic) bond motifs is 2. The molecule has 0 spiro atoms. The van der Waals surface area contributed by atoms with Crippen molar-refractivity contribution in [3.8, 4) is 11.5 Å². The van der Waals surface area contributed by atoms with Gasteiger partial charge in [0, 0.05) is 4.47 Å². The summed E-state index contributed by atoms with van der Waals surface area (Å²) in [6.07, 6.45) is 3.20. The molecule has 1 aliphatic heterocycles. The summed E-state index contributed by atoms with van der Waals surface area (Å²) in [5.41, 5.74) is 1.21. The molecule has 1 amide bonds. The average Bonchev–Trinajstić information content (AvgIpc) is 3.09. The Balaban J connectivity index is 1.73. The minimum atomic E-state index is -0.615. The van der Waals surface area contributed by atoms with Crippen LogP contribution in [0.1, 0.15) is 60.8 Å². The molecule has 0 saturated heterocycles. The maximum absolute atomic E-state index is 13.3. The zero-order valence-electron chi connectivity index (χ0n) is 17.5. The number of benzene rings is 2. The van der Waals surface area contributed by atoms with E-state index in [1.807, 2.05) is 25.1 Å². The molecule has 0 fully saturated rings. The highest BCUT2D eigenvalue weighted by Gasteiger charge is 2.36. The summed E-state index contributed by atoms with van der Waals surface area (Å²) in [5, 5.41) is 3.30. The minimum Gasteiger partial charge on any atom is -0.490 e. The Kier molecular flexibility index (Phi) is 6.32. The zero-order valence-corrected chi connectivity index (χ0v) is 19.1. The van der Waals surface area contributed by atoms with Gasteiger partial charge in [0.25, 0.3) is 5.91 Å². The molecule has 162 valence electrons. The first-order chi connectivity index (χ1) is 15.0. The Morgan fingerprint density at radius 1 is 1.03 bits per heavy atom. The lowest BCUT2D eigenvalue weighted by Gasteiger charge is -2.16. The molecule has 7 heteroatoms. The standard InChI is InChI=1S/C24H24BrNO5/c1-3-5-6-11-30-18-9-7-14(12-19(18)29-4-2)21-20-22(27)16-13-15(25)8-10-17(16)31-23(20)24(28)26-21/h7-10,12-13,21H,3-6,11H2,1-2H3,(H,26,28). The molecule has 31 heavy (non-hydrogen) atoms. The quantitative estimate of drug-likeness (QED) is 0.434. The Hall–Kier alpha value is -2.80. The van der Waals surface area contributed by atoms with E-state index in [9.17, 15) is 9.59 Å². The van der Waals surface area contributed by atoms with Gasteiger partial charge < -0.3 is 19.2 Å². The van der Waals surface area contributed by atoms with Gasteiger partial charge in [0.2, 0.25) is 5.76 Å². The van der Waals surface area contributed by atoms with E-state index in [1.165, 1.54) is 0 Å². The van der Waals surface area contributed by atoms with Gasteiger partial charge in [-0.25, -0.2) is 0 Å². The van der Waals surface area contributed by atoms with Gasteiger partial charge in [0.05, 0.1) is 30.2 Å². The number of rotatable bonds is 8. The Bertz CT molecular complexity index is 1190. The summed E-state index contributed by atoms with van der Waals surface area (Å²) < 4.78 is 18.2. The molecule has 1 unspecified atom stereocenters. The van der Waals surface area contributed by atoms with Crippen LogP contribution < -0.4 is 20.2 Å². The first-order valence-electron chi connectivity index (χ1n) is 10.5. The lowest BCUT2D eigenvalue weighted by molar-refractivity contribution is 0.0938. The summed E-state index contributed by atoms with van der Waals surface area (Å²) >= 11 is 3.39. The topological polar surface area (TPSA) is 77.8 Å². The van der Waals surface area contributed by atoms with Crippen molar-refractivity contribution in [2.45, 2.75) is 39.2 Å². The highest BCUT2D eigenvalue weighted by atomic mass is 79.9. The normalized spacial score (nSPS) is 15.1. The summed E-state index contributed by atoms with van der Waals surface area (Å²) in [6.45, 7) is 5.13. The third-order valence-electron chi connectivity index (χ3n) is 5.26. The van der Waals surface area contributed by atoms with Crippen LogP contribution in [0.4, 0.5) is 0 Å². The van der Waals surface area contributed by atoms with Gasteiger partial charge in [0.15, 0.2) is 16.9 Å². The van der Waals surface area contributed by atoms with Crippen molar-refractivity contribution in [1.29, 1.82) is 0 Å². The fourth-order valence-electron chi connectivity index (χ4n) is 3.76. The van der Waals surface area contributed by atoms with Crippen molar-refractivity contribution in [2.24, 2.45) is 0 Å². The van der Waals surface area contributed by atoms with E-state index in [1.54, 1.807) is 18.2 Å². The molecule has 0 saturated carbocycles. The van der Waals surface area contributed by atoms with Crippen LogP contribution in [-0.2, 0) is 0 Å². The SMILES string of the molecule is CCCCCOc1ccc(C2NC(=O)c3oc4ccc(Br)cc4c(=O)c32)cc1OCC. The van der Waals surface area contributed by atoms with Crippen molar-refractivity contribution in [2.75, 3.05) is 13.2 Å². The fraction of sp³-hybridized carbons (Fsp3) is 0.333. The zero-order chi connectivity index (χ0) is 22.0.